The number of aliphatic hydroxyl groups is 1. The molecule has 1 atom stereocenters. The summed E-state index contributed by atoms with van der Waals surface area (Å²) >= 11 is 3.38. The van der Waals surface area contributed by atoms with Crippen LogP contribution in [-0.4, -0.2) is 47.3 Å². The quantitative estimate of drug-likeness (QED) is 0.914. The zero-order valence-electron chi connectivity index (χ0n) is 11.8. The van der Waals surface area contributed by atoms with Gasteiger partial charge < -0.3 is 14.7 Å². The SMILES string of the molecule is CC1(C)CN(C(=O)Cc2ccc(Br)cc2)CC(CO)O1. The number of hydrogen-bond donors (Lipinski definition) is 1. The van der Waals surface area contributed by atoms with E-state index in [0.29, 0.717) is 19.5 Å². The topological polar surface area (TPSA) is 49.8 Å². The second-order valence-corrected chi connectivity index (χ2v) is 6.68. The fraction of sp³-hybridized carbons (Fsp3) is 0.533. The average Bonchev–Trinajstić information content (AvgIpc) is 2.39. The first-order valence-corrected chi connectivity index (χ1v) is 7.50. The van der Waals surface area contributed by atoms with Crippen molar-refractivity contribution in [1.29, 1.82) is 0 Å². The lowest BCUT2D eigenvalue weighted by Gasteiger charge is -2.42. The van der Waals surface area contributed by atoms with Gasteiger partial charge >= 0.3 is 0 Å². The van der Waals surface area contributed by atoms with Crippen molar-refractivity contribution in [3.8, 4) is 0 Å². The lowest BCUT2D eigenvalue weighted by atomic mass is 10.0. The molecule has 0 aliphatic carbocycles. The molecule has 0 bridgehead atoms. The maximum Gasteiger partial charge on any atom is 0.227 e. The van der Waals surface area contributed by atoms with Gasteiger partial charge in [-0.15, -0.1) is 0 Å². The standard InChI is InChI=1S/C15H20BrNO3/c1-15(2)10-17(8-13(9-18)20-15)14(19)7-11-3-5-12(16)6-4-11/h3-6,13,18H,7-10H2,1-2H3. The smallest absolute Gasteiger partial charge is 0.227 e. The first-order valence-electron chi connectivity index (χ1n) is 6.70. The van der Waals surface area contributed by atoms with Gasteiger partial charge in [-0.3, -0.25) is 4.79 Å². The van der Waals surface area contributed by atoms with Gasteiger partial charge in [0.1, 0.15) is 0 Å². The summed E-state index contributed by atoms with van der Waals surface area (Å²) in [5, 5.41) is 9.27. The molecule has 0 spiro atoms. The normalized spacial score (nSPS) is 21.8. The molecular weight excluding hydrogens is 322 g/mol. The fourth-order valence-corrected chi connectivity index (χ4v) is 2.73. The third-order valence-electron chi connectivity index (χ3n) is 3.31. The molecule has 0 aromatic heterocycles. The molecule has 1 fully saturated rings. The van der Waals surface area contributed by atoms with Crippen molar-refractivity contribution < 1.29 is 14.6 Å². The summed E-state index contributed by atoms with van der Waals surface area (Å²) in [6.07, 6.45) is 0.0780. The molecule has 1 heterocycles. The molecule has 1 N–H and O–H groups in total. The number of halogens is 1. The van der Waals surface area contributed by atoms with E-state index in [2.05, 4.69) is 15.9 Å². The lowest BCUT2D eigenvalue weighted by Crippen LogP contribution is -2.55. The van der Waals surface area contributed by atoms with Gasteiger partial charge in [-0.25, -0.2) is 0 Å². The molecule has 2 rings (SSSR count). The summed E-state index contributed by atoms with van der Waals surface area (Å²) in [6.45, 7) is 4.82. The van der Waals surface area contributed by atoms with Gasteiger partial charge in [-0.05, 0) is 31.5 Å². The number of aliphatic hydroxyl groups excluding tert-OH is 1. The molecule has 4 nitrogen and oxygen atoms in total. The van der Waals surface area contributed by atoms with Crippen molar-refractivity contribution in [2.45, 2.75) is 32.0 Å². The van der Waals surface area contributed by atoms with Crippen LogP contribution in [0.25, 0.3) is 0 Å². The Balaban J connectivity index is 2.02. The Morgan fingerprint density at radius 2 is 2.10 bits per heavy atom. The summed E-state index contributed by atoms with van der Waals surface area (Å²) < 4.78 is 6.72. The highest BCUT2D eigenvalue weighted by Gasteiger charge is 2.35. The van der Waals surface area contributed by atoms with Gasteiger partial charge in [0.05, 0.1) is 24.7 Å². The number of amides is 1. The Bertz CT molecular complexity index is 473. The summed E-state index contributed by atoms with van der Waals surface area (Å²) in [5.41, 5.74) is 0.573. The molecule has 1 aliphatic heterocycles. The highest BCUT2D eigenvalue weighted by molar-refractivity contribution is 9.10. The molecule has 5 heteroatoms. The number of carbonyl (C=O) groups is 1. The summed E-state index contributed by atoms with van der Waals surface area (Å²) in [4.78, 5) is 14.2. The molecule has 1 saturated heterocycles. The molecule has 0 saturated carbocycles. The lowest BCUT2D eigenvalue weighted by molar-refractivity contribution is -0.166. The second-order valence-electron chi connectivity index (χ2n) is 5.76. The number of carbonyl (C=O) groups excluding carboxylic acids is 1. The van der Waals surface area contributed by atoms with Crippen LogP contribution in [0.5, 0.6) is 0 Å². The molecule has 0 radical (unpaired) electrons. The zero-order chi connectivity index (χ0) is 14.8. The monoisotopic (exact) mass is 341 g/mol. The zero-order valence-corrected chi connectivity index (χ0v) is 13.4. The minimum atomic E-state index is -0.416. The number of ether oxygens (including phenoxy) is 1. The Kier molecular flexibility index (Phi) is 4.83. The van der Waals surface area contributed by atoms with E-state index in [4.69, 9.17) is 4.74 Å². The highest BCUT2D eigenvalue weighted by Crippen LogP contribution is 2.21. The third kappa shape index (κ3) is 4.04. The van der Waals surface area contributed by atoms with Crippen LogP contribution in [0, 0.1) is 0 Å². The van der Waals surface area contributed by atoms with Gasteiger partial charge in [-0.2, -0.15) is 0 Å². The van der Waals surface area contributed by atoms with Gasteiger partial charge in [0.25, 0.3) is 0 Å². The van der Waals surface area contributed by atoms with Crippen LogP contribution in [0.15, 0.2) is 28.7 Å². The number of nitrogens with zero attached hydrogens (tertiary/aromatic N) is 1. The van der Waals surface area contributed by atoms with Crippen molar-refractivity contribution in [3.05, 3.63) is 34.3 Å². The largest absolute Gasteiger partial charge is 0.394 e. The van der Waals surface area contributed by atoms with Crippen molar-refractivity contribution in [2.24, 2.45) is 0 Å². The van der Waals surface area contributed by atoms with Crippen molar-refractivity contribution in [1.82, 2.24) is 4.90 Å². The number of rotatable bonds is 3. The Labute approximate surface area is 127 Å². The van der Waals surface area contributed by atoms with Gasteiger partial charge in [0.2, 0.25) is 5.91 Å². The van der Waals surface area contributed by atoms with Crippen molar-refractivity contribution in [2.75, 3.05) is 19.7 Å². The fourth-order valence-electron chi connectivity index (χ4n) is 2.47. The summed E-state index contributed by atoms with van der Waals surface area (Å²) in [6, 6.07) is 7.75. The van der Waals surface area contributed by atoms with E-state index in [1.54, 1.807) is 4.90 Å². The van der Waals surface area contributed by atoms with Crippen LogP contribution in [-0.2, 0) is 16.0 Å². The maximum absolute atomic E-state index is 12.4. The molecule has 1 amide bonds. The van der Waals surface area contributed by atoms with Crippen LogP contribution in [0.3, 0.4) is 0 Å². The average molecular weight is 342 g/mol. The Morgan fingerprint density at radius 3 is 2.70 bits per heavy atom. The molecule has 110 valence electrons. The molecule has 1 aliphatic rings. The number of hydrogen-bond acceptors (Lipinski definition) is 3. The highest BCUT2D eigenvalue weighted by atomic mass is 79.9. The van der Waals surface area contributed by atoms with Gasteiger partial charge in [-0.1, -0.05) is 28.1 Å². The van der Waals surface area contributed by atoms with E-state index in [1.165, 1.54) is 0 Å². The Morgan fingerprint density at radius 1 is 1.45 bits per heavy atom. The van der Waals surface area contributed by atoms with E-state index < -0.39 is 5.60 Å². The maximum atomic E-state index is 12.4. The molecular formula is C15H20BrNO3. The first-order chi connectivity index (χ1) is 9.39. The molecule has 1 unspecified atom stereocenters. The van der Waals surface area contributed by atoms with Crippen molar-refractivity contribution in [3.63, 3.8) is 0 Å². The van der Waals surface area contributed by atoms with Crippen LogP contribution < -0.4 is 0 Å². The van der Waals surface area contributed by atoms with E-state index in [9.17, 15) is 9.90 Å². The summed E-state index contributed by atoms with van der Waals surface area (Å²) in [7, 11) is 0. The van der Waals surface area contributed by atoms with E-state index >= 15 is 0 Å². The van der Waals surface area contributed by atoms with E-state index in [0.717, 1.165) is 10.0 Å². The molecule has 1 aromatic carbocycles. The predicted octanol–water partition coefficient (Wildman–Crippen LogP) is 1.99. The minimum Gasteiger partial charge on any atom is -0.394 e. The van der Waals surface area contributed by atoms with Crippen LogP contribution in [0.4, 0.5) is 0 Å². The predicted molar refractivity (Wildman–Crippen MR) is 80.5 cm³/mol. The van der Waals surface area contributed by atoms with Crippen LogP contribution in [0.1, 0.15) is 19.4 Å². The van der Waals surface area contributed by atoms with Crippen LogP contribution >= 0.6 is 15.9 Å². The van der Waals surface area contributed by atoms with E-state index in [1.807, 2.05) is 38.1 Å². The molecule has 20 heavy (non-hydrogen) atoms. The number of benzene rings is 1. The first kappa shape index (κ1) is 15.5. The summed E-state index contributed by atoms with van der Waals surface area (Å²) in [5.74, 6) is 0.0714. The Hall–Kier alpha value is -0.910. The number of morpholine rings is 1. The van der Waals surface area contributed by atoms with Gasteiger partial charge in [0, 0.05) is 17.6 Å². The minimum absolute atomic E-state index is 0.0640. The van der Waals surface area contributed by atoms with Crippen molar-refractivity contribution >= 4 is 21.8 Å². The second kappa shape index (κ2) is 6.24. The molecule has 1 aromatic rings. The third-order valence-corrected chi connectivity index (χ3v) is 3.83. The van der Waals surface area contributed by atoms with Crippen LogP contribution in [0.2, 0.25) is 0 Å². The van der Waals surface area contributed by atoms with Gasteiger partial charge in [0.15, 0.2) is 0 Å². The van der Waals surface area contributed by atoms with E-state index in [-0.39, 0.29) is 18.6 Å².